The minimum atomic E-state index is -0.237. The first-order chi connectivity index (χ1) is 9.08. The van der Waals surface area contributed by atoms with Crippen molar-refractivity contribution in [1.82, 2.24) is 5.32 Å². The average molecular weight is 328 g/mol. The van der Waals surface area contributed by atoms with E-state index < -0.39 is 0 Å². The Morgan fingerprint density at radius 3 is 2.74 bits per heavy atom. The summed E-state index contributed by atoms with van der Waals surface area (Å²) in [6, 6.07) is 7.97. The number of benzene rings is 1. The summed E-state index contributed by atoms with van der Waals surface area (Å²) >= 11 is 3.46. The molecule has 0 saturated carbocycles. The van der Waals surface area contributed by atoms with Crippen LogP contribution < -0.4 is 5.32 Å². The lowest BCUT2D eigenvalue weighted by molar-refractivity contribution is -0.146. The van der Waals surface area contributed by atoms with Crippen molar-refractivity contribution >= 4 is 21.9 Å². The maximum absolute atomic E-state index is 11.9. The van der Waals surface area contributed by atoms with Crippen molar-refractivity contribution in [3.63, 3.8) is 0 Å². The van der Waals surface area contributed by atoms with Crippen LogP contribution in [0.3, 0.4) is 0 Å². The Bertz CT molecular complexity index is 409. The van der Waals surface area contributed by atoms with Crippen LogP contribution in [-0.2, 0) is 9.53 Å². The number of ether oxygens (including phenoxy) is 1. The van der Waals surface area contributed by atoms with Gasteiger partial charge in [0.05, 0.1) is 6.61 Å². The van der Waals surface area contributed by atoms with Crippen LogP contribution in [0.1, 0.15) is 45.2 Å². The first-order valence-corrected chi connectivity index (χ1v) is 7.55. The highest BCUT2D eigenvalue weighted by Gasteiger charge is 2.21. The molecule has 0 bridgehead atoms. The molecule has 0 radical (unpaired) electrons. The number of carbonyl (C=O) groups excluding carboxylic acids is 1. The summed E-state index contributed by atoms with van der Waals surface area (Å²) in [5, 5.41) is 3.35. The van der Waals surface area contributed by atoms with E-state index >= 15 is 0 Å². The van der Waals surface area contributed by atoms with Crippen molar-refractivity contribution in [3.05, 3.63) is 34.3 Å². The fourth-order valence-electron chi connectivity index (χ4n) is 1.97. The quantitative estimate of drug-likeness (QED) is 0.773. The largest absolute Gasteiger partial charge is 0.465 e. The Morgan fingerprint density at radius 2 is 2.16 bits per heavy atom. The summed E-state index contributed by atoms with van der Waals surface area (Å²) in [5.41, 5.74) is 1.15. The normalized spacial score (nSPS) is 13.9. The Kier molecular flexibility index (Phi) is 7.10. The second-order valence-electron chi connectivity index (χ2n) is 4.54. The van der Waals surface area contributed by atoms with Crippen LogP contribution in [0.4, 0.5) is 0 Å². The molecule has 1 N–H and O–H groups in total. The molecular weight excluding hydrogens is 306 g/mol. The molecule has 0 fully saturated rings. The molecule has 0 spiro atoms. The van der Waals surface area contributed by atoms with Gasteiger partial charge >= 0.3 is 5.97 Å². The summed E-state index contributed by atoms with van der Waals surface area (Å²) in [6.07, 6.45) is 1.73. The summed E-state index contributed by atoms with van der Waals surface area (Å²) in [5.74, 6) is -0.161. The van der Waals surface area contributed by atoms with E-state index in [1.165, 1.54) is 0 Å². The van der Waals surface area contributed by atoms with Gasteiger partial charge in [0.1, 0.15) is 6.04 Å². The zero-order valence-corrected chi connectivity index (χ0v) is 13.4. The summed E-state index contributed by atoms with van der Waals surface area (Å²) in [7, 11) is 0. The van der Waals surface area contributed by atoms with Gasteiger partial charge in [0, 0.05) is 10.5 Å². The first kappa shape index (κ1) is 16.2. The van der Waals surface area contributed by atoms with Gasteiger partial charge in [-0.05, 0) is 38.0 Å². The molecule has 0 aromatic heterocycles. The molecule has 0 amide bonds. The van der Waals surface area contributed by atoms with Crippen LogP contribution in [0.5, 0.6) is 0 Å². The molecular formula is C15H22BrNO2. The van der Waals surface area contributed by atoms with Gasteiger partial charge in [0.15, 0.2) is 0 Å². The molecule has 1 unspecified atom stereocenters. The van der Waals surface area contributed by atoms with Crippen LogP contribution in [-0.4, -0.2) is 18.6 Å². The van der Waals surface area contributed by atoms with Gasteiger partial charge in [-0.3, -0.25) is 10.1 Å². The van der Waals surface area contributed by atoms with E-state index in [0.29, 0.717) is 6.61 Å². The monoisotopic (exact) mass is 327 g/mol. The predicted molar refractivity (Wildman–Crippen MR) is 81.0 cm³/mol. The molecule has 0 aliphatic heterocycles. The topological polar surface area (TPSA) is 38.3 Å². The van der Waals surface area contributed by atoms with E-state index in [-0.39, 0.29) is 18.1 Å². The van der Waals surface area contributed by atoms with Crippen LogP contribution in [0.15, 0.2) is 28.7 Å². The van der Waals surface area contributed by atoms with E-state index in [2.05, 4.69) is 47.2 Å². The van der Waals surface area contributed by atoms with Crippen molar-refractivity contribution in [2.75, 3.05) is 6.61 Å². The van der Waals surface area contributed by atoms with Crippen molar-refractivity contribution in [3.8, 4) is 0 Å². The van der Waals surface area contributed by atoms with Crippen molar-refractivity contribution < 1.29 is 9.53 Å². The van der Waals surface area contributed by atoms with Crippen LogP contribution in [0, 0.1) is 0 Å². The number of esters is 1. The Labute approximate surface area is 123 Å². The van der Waals surface area contributed by atoms with Crippen LogP contribution >= 0.6 is 15.9 Å². The zero-order valence-electron chi connectivity index (χ0n) is 11.8. The lowest BCUT2D eigenvalue weighted by atomic mass is 10.1. The van der Waals surface area contributed by atoms with Gasteiger partial charge < -0.3 is 4.74 Å². The minimum Gasteiger partial charge on any atom is -0.465 e. The number of hydrogen-bond donors (Lipinski definition) is 1. The molecule has 1 aromatic rings. The predicted octanol–water partition coefficient (Wildman–Crippen LogP) is 3.83. The Hall–Kier alpha value is -0.870. The van der Waals surface area contributed by atoms with E-state index in [9.17, 15) is 4.79 Å². The highest BCUT2D eigenvalue weighted by atomic mass is 79.9. The molecule has 3 nitrogen and oxygen atoms in total. The molecule has 0 aliphatic rings. The number of halogens is 1. The summed E-state index contributed by atoms with van der Waals surface area (Å²) in [4.78, 5) is 11.9. The Balaban J connectivity index is 2.70. The third-order valence-corrected chi connectivity index (χ3v) is 3.44. The molecule has 2 atom stereocenters. The molecule has 106 valence electrons. The third-order valence-electron chi connectivity index (χ3n) is 2.95. The van der Waals surface area contributed by atoms with Crippen molar-refractivity contribution in [1.29, 1.82) is 0 Å². The SMILES string of the molecule is CCCC(N[C@@H](C)c1cccc(Br)c1)C(=O)OCC. The zero-order chi connectivity index (χ0) is 14.3. The maximum atomic E-state index is 11.9. The average Bonchev–Trinajstić information content (AvgIpc) is 2.38. The minimum absolute atomic E-state index is 0.110. The van der Waals surface area contributed by atoms with Gasteiger partial charge in [0.2, 0.25) is 0 Å². The van der Waals surface area contributed by atoms with Gasteiger partial charge in [-0.15, -0.1) is 0 Å². The highest BCUT2D eigenvalue weighted by molar-refractivity contribution is 9.10. The third kappa shape index (κ3) is 5.33. The van der Waals surface area contributed by atoms with Gasteiger partial charge in [-0.25, -0.2) is 0 Å². The fourth-order valence-corrected chi connectivity index (χ4v) is 2.39. The highest BCUT2D eigenvalue weighted by Crippen LogP contribution is 2.19. The van der Waals surface area contributed by atoms with E-state index in [1.54, 1.807) is 0 Å². The maximum Gasteiger partial charge on any atom is 0.323 e. The lowest BCUT2D eigenvalue weighted by Gasteiger charge is -2.22. The Morgan fingerprint density at radius 1 is 1.42 bits per heavy atom. The first-order valence-electron chi connectivity index (χ1n) is 6.76. The molecule has 1 aromatic carbocycles. The number of nitrogens with one attached hydrogen (secondary N) is 1. The molecule has 19 heavy (non-hydrogen) atoms. The molecule has 0 aliphatic carbocycles. The van der Waals surface area contributed by atoms with Gasteiger partial charge in [-0.2, -0.15) is 0 Å². The van der Waals surface area contributed by atoms with Crippen molar-refractivity contribution in [2.24, 2.45) is 0 Å². The van der Waals surface area contributed by atoms with Crippen molar-refractivity contribution in [2.45, 2.75) is 45.7 Å². The number of rotatable bonds is 7. The van der Waals surface area contributed by atoms with E-state index in [0.717, 1.165) is 22.9 Å². The molecule has 1 rings (SSSR count). The van der Waals surface area contributed by atoms with Crippen LogP contribution in [0.2, 0.25) is 0 Å². The molecule has 0 heterocycles. The van der Waals surface area contributed by atoms with E-state index in [4.69, 9.17) is 4.74 Å². The van der Waals surface area contributed by atoms with Gasteiger partial charge in [0.25, 0.3) is 0 Å². The lowest BCUT2D eigenvalue weighted by Crippen LogP contribution is -2.39. The second-order valence-corrected chi connectivity index (χ2v) is 5.45. The van der Waals surface area contributed by atoms with Crippen LogP contribution in [0.25, 0.3) is 0 Å². The molecule has 0 saturated heterocycles. The smallest absolute Gasteiger partial charge is 0.323 e. The van der Waals surface area contributed by atoms with Gasteiger partial charge in [-0.1, -0.05) is 41.4 Å². The van der Waals surface area contributed by atoms with E-state index in [1.807, 2.05) is 19.1 Å². The second kappa shape index (κ2) is 8.33. The fraction of sp³-hybridized carbons (Fsp3) is 0.533. The summed E-state index contributed by atoms with van der Waals surface area (Å²) < 4.78 is 6.15. The molecule has 4 heteroatoms. The summed E-state index contributed by atoms with van der Waals surface area (Å²) in [6.45, 7) is 6.38. The standard InChI is InChI=1S/C15H22BrNO2/c1-4-7-14(15(18)19-5-2)17-11(3)12-8-6-9-13(16)10-12/h6,8-11,14,17H,4-5,7H2,1-3H3/t11-,14?/m0/s1. The number of hydrogen-bond acceptors (Lipinski definition) is 3. The number of carbonyl (C=O) groups is 1.